The van der Waals surface area contributed by atoms with Crippen LogP contribution in [0.2, 0.25) is 0 Å². The topological polar surface area (TPSA) is 70.7 Å². The van der Waals surface area contributed by atoms with Crippen molar-refractivity contribution in [1.82, 2.24) is 15.5 Å². The molecule has 6 heteroatoms. The third kappa shape index (κ3) is 4.22. The molecule has 0 aromatic rings. The van der Waals surface area contributed by atoms with E-state index in [9.17, 15) is 9.59 Å². The number of carbonyl (C=O) groups excluding carboxylic acids is 2. The number of ether oxygens (including phenoxy) is 1. The maximum atomic E-state index is 11.8. The maximum Gasteiger partial charge on any atom is 0.410 e. The number of hydrogen-bond donors (Lipinski definition) is 2. The largest absolute Gasteiger partial charge is 0.450 e. The van der Waals surface area contributed by atoms with E-state index >= 15 is 0 Å². The van der Waals surface area contributed by atoms with Crippen LogP contribution in [0.3, 0.4) is 0 Å². The third-order valence-corrected chi connectivity index (χ3v) is 2.76. The normalized spacial score (nSPS) is 16.4. The van der Waals surface area contributed by atoms with Crippen molar-refractivity contribution in [3.8, 4) is 0 Å². The molecule has 0 aromatic carbocycles. The molecular weight excluding hydrogens is 222 g/mol. The van der Waals surface area contributed by atoms with E-state index in [-0.39, 0.29) is 18.5 Å². The number of piperidine rings is 1. The first-order valence-electron chi connectivity index (χ1n) is 5.89. The van der Waals surface area contributed by atoms with Gasteiger partial charge < -0.3 is 15.4 Å². The Morgan fingerprint density at radius 3 is 2.65 bits per heavy atom. The molecule has 0 aliphatic carbocycles. The van der Waals surface area contributed by atoms with E-state index in [1.54, 1.807) is 6.92 Å². The summed E-state index contributed by atoms with van der Waals surface area (Å²) in [5.41, 5.74) is 0. The molecule has 2 amide bonds. The van der Waals surface area contributed by atoms with Gasteiger partial charge in [0.2, 0.25) is 5.91 Å². The molecule has 1 fully saturated rings. The van der Waals surface area contributed by atoms with Gasteiger partial charge in [0.1, 0.15) is 6.54 Å². The number of nitrogens with zero attached hydrogens (tertiary/aromatic N) is 1. The van der Waals surface area contributed by atoms with Gasteiger partial charge in [0.25, 0.3) is 0 Å². The minimum absolute atomic E-state index is 0.00694. The quantitative estimate of drug-likeness (QED) is 0.734. The van der Waals surface area contributed by atoms with Gasteiger partial charge in [-0.1, -0.05) is 0 Å². The van der Waals surface area contributed by atoms with Crippen LogP contribution in [0.4, 0.5) is 4.79 Å². The average Bonchev–Trinajstić information content (AvgIpc) is 2.36. The second kappa shape index (κ2) is 7.11. The summed E-state index contributed by atoms with van der Waals surface area (Å²) in [5, 5.41) is 5.49. The Morgan fingerprint density at radius 2 is 2.12 bits per heavy atom. The van der Waals surface area contributed by atoms with Gasteiger partial charge in [-0.3, -0.25) is 9.69 Å². The van der Waals surface area contributed by atoms with Gasteiger partial charge in [0, 0.05) is 13.1 Å². The number of nitrogens with one attached hydrogen (secondary N) is 2. The van der Waals surface area contributed by atoms with E-state index in [2.05, 4.69) is 17.7 Å². The second-order valence-electron chi connectivity index (χ2n) is 3.91. The Balaban J connectivity index is 2.62. The fourth-order valence-electron chi connectivity index (χ4n) is 1.88. The summed E-state index contributed by atoms with van der Waals surface area (Å²) in [6, 6.07) is 0.0626. The van der Waals surface area contributed by atoms with Gasteiger partial charge >= 0.3 is 6.09 Å². The molecular formula is C11H20N3O3. The summed E-state index contributed by atoms with van der Waals surface area (Å²) in [6.45, 7) is 3.78. The van der Waals surface area contributed by atoms with Gasteiger partial charge in [-0.2, -0.15) is 0 Å². The zero-order chi connectivity index (χ0) is 12.7. The SMILES string of the molecule is [CH2]NC(=O)CN(C(=O)OCC)C1CCNCC1. The molecule has 0 unspecified atom stereocenters. The predicted octanol–water partition coefficient (Wildman–Crippen LogP) is 0.105. The van der Waals surface area contributed by atoms with Crippen LogP contribution in [0, 0.1) is 7.05 Å². The highest BCUT2D eigenvalue weighted by molar-refractivity contribution is 5.82. The summed E-state index contributed by atoms with van der Waals surface area (Å²) in [5.74, 6) is -0.281. The van der Waals surface area contributed by atoms with E-state index in [1.807, 2.05) is 0 Å². The molecule has 1 aliphatic rings. The molecule has 0 atom stereocenters. The molecule has 0 spiro atoms. The molecule has 1 radical (unpaired) electrons. The number of carbonyl (C=O) groups is 2. The van der Waals surface area contributed by atoms with Crippen molar-refractivity contribution in [1.29, 1.82) is 0 Å². The monoisotopic (exact) mass is 242 g/mol. The summed E-state index contributed by atoms with van der Waals surface area (Å²) in [4.78, 5) is 24.6. The van der Waals surface area contributed by atoms with Crippen LogP contribution in [-0.4, -0.2) is 49.2 Å². The Hall–Kier alpha value is -1.30. The van der Waals surface area contributed by atoms with Crippen LogP contribution < -0.4 is 10.6 Å². The molecule has 6 nitrogen and oxygen atoms in total. The maximum absolute atomic E-state index is 11.8. The van der Waals surface area contributed by atoms with E-state index in [0.717, 1.165) is 25.9 Å². The van der Waals surface area contributed by atoms with E-state index < -0.39 is 6.09 Å². The lowest BCUT2D eigenvalue weighted by molar-refractivity contribution is -0.121. The van der Waals surface area contributed by atoms with Crippen molar-refractivity contribution in [2.24, 2.45) is 0 Å². The molecule has 0 aromatic heterocycles. The van der Waals surface area contributed by atoms with Crippen molar-refractivity contribution in [2.75, 3.05) is 26.2 Å². The van der Waals surface area contributed by atoms with E-state index in [0.29, 0.717) is 6.61 Å². The van der Waals surface area contributed by atoms with Gasteiger partial charge in [-0.05, 0) is 32.9 Å². The molecule has 0 bridgehead atoms. The summed E-state index contributed by atoms with van der Waals surface area (Å²) in [6.07, 6.45) is 1.25. The Labute approximate surface area is 102 Å². The van der Waals surface area contributed by atoms with Gasteiger partial charge in [0.15, 0.2) is 0 Å². The van der Waals surface area contributed by atoms with Crippen LogP contribution in [-0.2, 0) is 9.53 Å². The fourth-order valence-corrected chi connectivity index (χ4v) is 1.88. The Bertz CT molecular complexity index is 265. The number of amides is 2. The highest BCUT2D eigenvalue weighted by atomic mass is 16.6. The highest BCUT2D eigenvalue weighted by Crippen LogP contribution is 2.13. The minimum atomic E-state index is -0.428. The summed E-state index contributed by atoms with van der Waals surface area (Å²) in [7, 11) is 3.30. The molecule has 2 N–H and O–H groups in total. The van der Waals surface area contributed by atoms with Crippen molar-refractivity contribution in [2.45, 2.75) is 25.8 Å². The fraction of sp³-hybridized carbons (Fsp3) is 0.727. The smallest absolute Gasteiger partial charge is 0.410 e. The number of hydrogen-bond acceptors (Lipinski definition) is 4. The second-order valence-corrected chi connectivity index (χ2v) is 3.91. The lowest BCUT2D eigenvalue weighted by Gasteiger charge is -2.33. The minimum Gasteiger partial charge on any atom is -0.450 e. The average molecular weight is 242 g/mol. The summed E-state index contributed by atoms with van der Waals surface area (Å²) < 4.78 is 4.97. The molecule has 1 aliphatic heterocycles. The van der Waals surface area contributed by atoms with Crippen molar-refractivity contribution >= 4 is 12.0 Å². The molecule has 1 heterocycles. The first kappa shape index (κ1) is 13.8. The number of rotatable bonds is 4. The van der Waals surface area contributed by atoms with E-state index in [1.165, 1.54) is 4.90 Å². The molecule has 97 valence electrons. The lowest BCUT2D eigenvalue weighted by atomic mass is 10.1. The van der Waals surface area contributed by atoms with E-state index in [4.69, 9.17) is 4.74 Å². The van der Waals surface area contributed by atoms with Crippen molar-refractivity contribution < 1.29 is 14.3 Å². The molecule has 17 heavy (non-hydrogen) atoms. The van der Waals surface area contributed by atoms with Gasteiger partial charge in [-0.15, -0.1) is 0 Å². The van der Waals surface area contributed by atoms with Crippen molar-refractivity contribution in [3.05, 3.63) is 7.05 Å². The molecule has 1 saturated heterocycles. The summed E-state index contributed by atoms with van der Waals surface area (Å²) >= 11 is 0. The van der Waals surface area contributed by atoms with Crippen LogP contribution in [0.25, 0.3) is 0 Å². The molecule has 0 saturated carbocycles. The van der Waals surface area contributed by atoms with Gasteiger partial charge in [-0.25, -0.2) is 4.79 Å². The van der Waals surface area contributed by atoms with Crippen LogP contribution in [0.5, 0.6) is 0 Å². The van der Waals surface area contributed by atoms with Gasteiger partial charge in [0.05, 0.1) is 6.61 Å². The predicted molar refractivity (Wildman–Crippen MR) is 63.1 cm³/mol. The zero-order valence-electron chi connectivity index (χ0n) is 10.2. The molecule has 1 rings (SSSR count). The van der Waals surface area contributed by atoms with Crippen molar-refractivity contribution in [3.63, 3.8) is 0 Å². The van der Waals surface area contributed by atoms with Crippen LogP contribution >= 0.6 is 0 Å². The first-order valence-corrected chi connectivity index (χ1v) is 5.89. The first-order chi connectivity index (χ1) is 8.19. The van der Waals surface area contributed by atoms with Crippen LogP contribution in [0.15, 0.2) is 0 Å². The standard InChI is InChI=1S/C11H20N3O3/c1-3-17-11(16)14(8-10(15)12-2)9-4-6-13-7-5-9/h9,13H,2-8H2,1H3,(H,12,15). The van der Waals surface area contributed by atoms with Crippen LogP contribution in [0.1, 0.15) is 19.8 Å². The Morgan fingerprint density at radius 1 is 1.47 bits per heavy atom. The lowest BCUT2D eigenvalue weighted by Crippen LogP contribution is -2.49. The zero-order valence-corrected chi connectivity index (χ0v) is 10.2. The Kier molecular flexibility index (Phi) is 5.76. The highest BCUT2D eigenvalue weighted by Gasteiger charge is 2.27. The third-order valence-electron chi connectivity index (χ3n) is 2.76.